The Balaban J connectivity index is 1.93. The van der Waals surface area contributed by atoms with Gasteiger partial charge in [0, 0.05) is 20.9 Å². The number of amides is 1. The molecule has 0 radical (unpaired) electrons. The Morgan fingerprint density at radius 1 is 1.23 bits per heavy atom. The smallest absolute Gasteiger partial charge is 0.340 e. The molecule has 0 aliphatic heterocycles. The number of anilines is 2. The van der Waals surface area contributed by atoms with Gasteiger partial charge >= 0.3 is 5.97 Å². The van der Waals surface area contributed by atoms with Crippen molar-refractivity contribution in [1.29, 1.82) is 0 Å². The van der Waals surface area contributed by atoms with Gasteiger partial charge in [-0.15, -0.1) is 0 Å². The van der Waals surface area contributed by atoms with Crippen molar-refractivity contribution < 1.29 is 14.3 Å². The molecule has 2 aromatic carbocycles. The molecule has 0 saturated heterocycles. The van der Waals surface area contributed by atoms with Crippen LogP contribution in [0.4, 0.5) is 11.4 Å². The standard InChI is InChI=1S/C15H12BrClN2O3/c16-9-2-1-3-11(6-9)19-14(20)8-22-15(21)12-7-10(17)4-5-13(12)18/h1-7H,8,18H2,(H,19,20). The molecular formula is C15H12BrClN2O3. The third-order valence-corrected chi connectivity index (χ3v) is 3.41. The number of nitrogens with two attached hydrogens (primary N) is 1. The Bertz CT molecular complexity index is 722. The second-order valence-electron chi connectivity index (χ2n) is 4.37. The normalized spacial score (nSPS) is 10.1. The van der Waals surface area contributed by atoms with Crippen molar-refractivity contribution in [3.63, 3.8) is 0 Å². The SMILES string of the molecule is Nc1ccc(Cl)cc1C(=O)OCC(=O)Nc1cccc(Br)c1. The van der Waals surface area contributed by atoms with Gasteiger partial charge in [0.25, 0.3) is 5.91 Å². The fourth-order valence-corrected chi connectivity index (χ4v) is 2.25. The molecule has 0 atom stereocenters. The first-order valence-corrected chi connectivity index (χ1v) is 7.40. The summed E-state index contributed by atoms with van der Waals surface area (Å²) in [6.07, 6.45) is 0. The molecule has 114 valence electrons. The maximum Gasteiger partial charge on any atom is 0.340 e. The molecule has 1 amide bonds. The molecule has 0 fully saturated rings. The Labute approximate surface area is 140 Å². The van der Waals surface area contributed by atoms with Crippen LogP contribution in [0.25, 0.3) is 0 Å². The predicted octanol–water partition coefficient (Wildman–Crippen LogP) is 3.48. The van der Waals surface area contributed by atoms with Crippen LogP contribution in [0.3, 0.4) is 0 Å². The quantitative estimate of drug-likeness (QED) is 0.625. The Morgan fingerprint density at radius 3 is 2.73 bits per heavy atom. The van der Waals surface area contributed by atoms with Crippen LogP contribution in [0.1, 0.15) is 10.4 Å². The van der Waals surface area contributed by atoms with E-state index < -0.39 is 18.5 Å². The summed E-state index contributed by atoms with van der Waals surface area (Å²) < 4.78 is 5.75. The summed E-state index contributed by atoms with van der Waals surface area (Å²) in [5.41, 5.74) is 6.63. The van der Waals surface area contributed by atoms with Gasteiger partial charge in [-0.05, 0) is 36.4 Å². The molecule has 2 aromatic rings. The molecular weight excluding hydrogens is 372 g/mol. The Hall–Kier alpha value is -2.05. The zero-order chi connectivity index (χ0) is 16.1. The van der Waals surface area contributed by atoms with E-state index in [0.29, 0.717) is 10.7 Å². The van der Waals surface area contributed by atoms with Crippen molar-refractivity contribution >= 4 is 50.8 Å². The van der Waals surface area contributed by atoms with Gasteiger partial charge in [-0.3, -0.25) is 4.79 Å². The largest absolute Gasteiger partial charge is 0.452 e. The fraction of sp³-hybridized carbons (Fsp3) is 0.0667. The molecule has 3 N–H and O–H groups in total. The molecule has 0 spiro atoms. The topological polar surface area (TPSA) is 81.4 Å². The minimum absolute atomic E-state index is 0.128. The van der Waals surface area contributed by atoms with Gasteiger partial charge in [0.1, 0.15) is 0 Å². The zero-order valence-electron chi connectivity index (χ0n) is 11.3. The van der Waals surface area contributed by atoms with Crippen molar-refractivity contribution in [3.05, 3.63) is 57.5 Å². The third kappa shape index (κ3) is 4.47. The van der Waals surface area contributed by atoms with Crippen LogP contribution >= 0.6 is 27.5 Å². The van der Waals surface area contributed by atoms with E-state index >= 15 is 0 Å². The Morgan fingerprint density at radius 2 is 2.00 bits per heavy atom. The highest BCUT2D eigenvalue weighted by atomic mass is 79.9. The van der Waals surface area contributed by atoms with E-state index in [4.69, 9.17) is 22.1 Å². The van der Waals surface area contributed by atoms with Crippen LogP contribution in [0.2, 0.25) is 5.02 Å². The second kappa shape index (κ2) is 7.29. The number of nitrogens with one attached hydrogen (secondary N) is 1. The van der Waals surface area contributed by atoms with Crippen molar-refractivity contribution in [2.75, 3.05) is 17.7 Å². The number of hydrogen-bond donors (Lipinski definition) is 2. The molecule has 0 bridgehead atoms. The van der Waals surface area contributed by atoms with Crippen LogP contribution in [-0.2, 0) is 9.53 Å². The average Bonchev–Trinajstić information content (AvgIpc) is 2.47. The fourth-order valence-electron chi connectivity index (χ4n) is 1.68. The predicted molar refractivity (Wildman–Crippen MR) is 88.9 cm³/mol. The van der Waals surface area contributed by atoms with E-state index in [9.17, 15) is 9.59 Å². The minimum atomic E-state index is -0.704. The van der Waals surface area contributed by atoms with Crippen LogP contribution in [-0.4, -0.2) is 18.5 Å². The highest BCUT2D eigenvalue weighted by Gasteiger charge is 2.14. The second-order valence-corrected chi connectivity index (χ2v) is 5.72. The third-order valence-electron chi connectivity index (χ3n) is 2.68. The summed E-state index contributed by atoms with van der Waals surface area (Å²) >= 11 is 9.10. The van der Waals surface area contributed by atoms with E-state index in [1.54, 1.807) is 24.3 Å². The van der Waals surface area contributed by atoms with Gasteiger partial charge in [0.15, 0.2) is 6.61 Å². The summed E-state index contributed by atoms with van der Waals surface area (Å²) in [6.45, 7) is -0.419. The first-order valence-electron chi connectivity index (χ1n) is 6.23. The molecule has 0 saturated carbocycles. The minimum Gasteiger partial charge on any atom is -0.452 e. The van der Waals surface area contributed by atoms with Gasteiger partial charge in [-0.25, -0.2) is 4.79 Å². The molecule has 22 heavy (non-hydrogen) atoms. The van der Waals surface area contributed by atoms with Gasteiger partial charge < -0.3 is 15.8 Å². The number of halogens is 2. The number of ether oxygens (including phenoxy) is 1. The summed E-state index contributed by atoms with van der Waals surface area (Å²) in [4.78, 5) is 23.6. The molecule has 0 aliphatic carbocycles. The van der Waals surface area contributed by atoms with Crippen LogP contribution < -0.4 is 11.1 Å². The average molecular weight is 384 g/mol. The summed E-state index contributed by atoms with van der Waals surface area (Å²) in [5.74, 6) is -1.16. The molecule has 0 aromatic heterocycles. The molecule has 5 nitrogen and oxygen atoms in total. The lowest BCUT2D eigenvalue weighted by Crippen LogP contribution is -2.21. The van der Waals surface area contributed by atoms with E-state index in [-0.39, 0.29) is 11.3 Å². The van der Waals surface area contributed by atoms with E-state index in [1.165, 1.54) is 12.1 Å². The van der Waals surface area contributed by atoms with Crippen molar-refractivity contribution in [3.8, 4) is 0 Å². The molecule has 0 unspecified atom stereocenters. The summed E-state index contributed by atoms with van der Waals surface area (Å²) in [6, 6.07) is 11.5. The molecule has 0 aliphatic rings. The number of nitrogen functional groups attached to an aromatic ring is 1. The van der Waals surface area contributed by atoms with Gasteiger partial charge in [-0.1, -0.05) is 33.6 Å². The van der Waals surface area contributed by atoms with E-state index in [0.717, 1.165) is 4.47 Å². The number of benzene rings is 2. The van der Waals surface area contributed by atoms with Gasteiger partial charge in [-0.2, -0.15) is 0 Å². The number of rotatable bonds is 4. The van der Waals surface area contributed by atoms with Crippen LogP contribution in [0, 0.1) is 0 Å². The number of esters is 1. The van der Waals surface area contributed by atoms with Crippen molar-refractivity contribution in [2.24, 2.45) is 0 Å². The first kappa shape index (κ1) is 16.3. The maximum atomic E-state index is 11.9. The molecule has 7 heteroatoms. The van der Waals surface area contributed by atoms with Gasteiger partial charge in [0.2, 0.25) is 0 Å². The Kier molecular flexibility index (Phi) is 5.41. The number of carbonyl (C=O) groups excluding carboxylic acids is 2. The van der Waals surface area contributed by atoms with E-state index in [2.05, 4.69) is 21.2 Å². The number of hydrogen-bond acceptors (Lipinski definition) is 4. The first-order chi connectivity index (χ1) is 10.5. The van der Waals surface area contributed by atoms with Crippen molar-refractivity contribution in [2.45, 2.75) is 0 Å². The maximum absolute atomic E-state index is 11.9. The number of carbonyl (C=O) groups is 2. The zero-order valence-corrected chi connectivity index (χ0v) is 13.6. The lowest BCUT2D eigenvalue weighted by Gasteiger charge is -2.08. The monoisotopic (exact) mass is 382 g/mol. The summed E-state index contributed by atoms with van der Waals surface area (Å²) in [7, 11) is 0. The summed E-state index contributed by atoms with van der Waals surface area (Å²) in [5, 5.41) is 2.97. The van der Waals surface area contributed by atoms with Crippen molar-refractivity contribution in [1.82, 2.24) is 0 Å². The molecule has 0 heterocycles. The van der Waals surface area contributed by atoms with Crippen LogP contribution in [0.5, 0.6) is 0 Å². The molecule has 2 rings (SSSR count). The lowest BCUT2D eigenvalue weighted by molar-refractivity contribution is -0.119. The van der Waals surface area contributed by atoms with Crippen LogP contribution in [0.15, 0.2) is 46.9 Å². The lowest BCUT2D eigenvalue weighted by atomic mass is 10.2. The highest BCUT2D eigenvalue weighted by Crippen LogP contribution is 2.19. The van der Waals surface area contributed by atoms with E-state index in [1.807, 2.05) is 6.07 Å². The van der Waals surface area contributed by atoms with Gasteiger partial charge in [0.05, 0.1) is 5.56 Å². The highest BCUT2D eigenvalue weighted by molar-refractivity contribution is 9.10.